The Morgan fingerprint density at radius 1 is 1.64 bits per heavy atom. The molecule has 0 aliphatic carbocycles. The normalized spacial score (nSPS) is 27.3. The average Bonchev–Trinajstić information content (AvgIpc) is 2.06. The molecule has 0 radical (unpaired) electrons. The summed E-state index contributed by atoms with van der Waals surface area (Å²) in [5.74, 6) is 0. The van der Waals surface area contributed by atoms with Crippen LogP contribution in [0.1, 0.15) is 13.3 Å². The molecule has 0 aromatic rings. The maximum Gasteiger partial charge on any atom is 0.0622 e. The van der Waals surface area contributed by atoms with Gasteiger partial charge < -0.3 is 10.5 Å². The minimum Gasteiger partial charge on any atom is -0.378 e. The van der Waals surface area contributed by atoms with Crippen LogP contribution in [0.25, 0.3) is 0 Å². The van der Waals surface area contributed by atoms with Crippen LogP contribution in [0, 0.1) is 0 Å². The predicted molar refractivity (Wildman–Crippen MR) is 45.5 cm³/mol. The third-order valence-electron chi connectivity index (χ3n) is 2.24. The highest BCUT2D eigenvalue weighted by atomic mass is 16.5. The number of nitrogens with zero attached hydrogens (tertiary/aromatic N) is 1. The zero-order valence-electron chi connectivity index (χ0n) is 7.25. The molecule has 1 saturated heterocycles. The van der Waals surface area contributed by atoms with Crippen molar-refractivity contribution < 1.29 is 4.74 Å². The molecule has 1 rings (SSSR count). The van der Waals surface area contributed by atoms with Crippen molar-refractivity contribution in [3.63, 3.8) is 0 Å². The Kier molecular flexibility index (Phi) is 3.83. The molecule has 3 heteroatoms. The molecule has 1 atom stereocenters. The van der Waals surface area contributed by atoms with Crippen molar-refractivity contribution in [3.05, 3.63) is 0 Å². The van der Waals surface area contributed by atoms with Gasteiger partial charge in [0, 0.05) is 25.7 Å². The van der Waals surface area contributed by atoms with Gasteiger partial charge in [0.05, 0.1) is 13.2 Å². The fourth-order valence-corrected chi connectivity index (χ4v) is 1.53. The minimum absolute atomic E-state index is 0.604. The van der Waals surface area contributed by atoms with Gasteiger partial charge >= 0.3 is 0 Å². The molecule has 11 heavy (non-hydrogen) atoms. The summed E-state index contributed by atoms with van der Waals surface area (Å²) in [6.07, 6.45) is 1.17. The molecular formula is C8H18N2O. The van der Waals surface area contributed by atoms with Crippen LogP contribution in [0.4, 0.5) is 0 Å². The monoisotopic (exact) mass is 158 g/mol. The molecule has 1 heterocycles. The number of hydrogen-bond donors (Lipinski definition) is 1. The van der Waals surface area contributed by atoms with E-state index in [0.717, 1.165) is 32.8 Å². The van der Waals surface area contributed by atoms with Crippen LogP contribution >= 0.6 is 0 Å². The Morgan fingerprint density at radius 3 is 3.09 bits per heavy atom. The van der Waals surface area contributed by atoms with Crippen molar-refractivity contribution in [1.82, 2.24) is 4.90 Å². The lowest BCUT2D eigenvalue weighted by Gasteiger charge is -2.34. The maximum atomic E-state index is 5.49. The van der Waals surface area contributed by atoms with Gasteiger partial charge in [0.25, 0.3) is 0 Å². The quantitative estimate of drug-likeness (QED) is 0.631. The Balaban J connectivity index is 2.31. The molecule has 66 valence electrons. The Hall–Kier alpha value is -0.120. The van der Waals surface area contributed by atoms with E-state index in [4.69, 9.17) is 10.5 Å². The molecule has 3 nitrogen and oxygen atoms in total. The lowest BCUT2D eigenvalue weighted by atomic mass is 10.2. The minimum atomic E-state index is 0.604. The van der Waals surface area contributed by atoms with Crippen molar-refractivity contribution in [2.45, 2.75) is 19.4 Å². The van der Waals surface area contributed by atoms with E-state index in [9.17, 15) is 0 Å². The van der Waals surface area contributed by atoms with Gasteiger partial charge in [-0.15, -0.1) is 0 Å². The highest BCUT2D eigenvalue weighted by Gasteiger charge is 2.19. The summed E-state index contributed by atoms with van der Waals surface area (Å²) in [5.41, 5.74) is 5.49. The molecule has 1 fully saturated rings. The van der Waals surface area contributed by atoms with Crippen LogP contribution in [0.2, 0.25) is 0 Å². The first-order valence-corrected chi connectivity index (χ1v) is 4.40. The summed E-state index contributed by atoms with van der Waals surface area (Å²) < 4.78 is 5.37. The zero-order valence-corrected chi connectivity index (χ0v) is 7.25. The molecule has 1 aliphatic heterocycles. The fourth-order valence-electron chi connectivity index (χ4n) is 1.53. The van der Waals surface area contributed by atoms with Crippen molar-refractivity contribution in [1.29, 1.82) is 0 Å². The fraction of sp³-hybridized carbons (Fsp3) is 1.00. The maximum absolute atomic E-state index is 5.49. The summed E-state index contributed by atoms with van der Waals surface area (Å²) in [4.78, 5) is 2.42. The smallest absolute Gasteiger partial charge is 0.0622 e. The number of nitrogens with two attached hydrogens (primary N) is 1. The second kappa shape index (κ2) is 4.70. The first-order chi connectivity index (χ1) is 5.38. The van der Waals surface area contributed by atoms with Crippen LogP contribution in [0.3, 0.4) is 0 Å². The van der Waals surface area contributed by atoms with Gasteiger partial charge in [-0.1, -0.05) is 6.92 Å². The van der Waals surface area contributed by atoms with Crippen LogP contribution in [-0.2, 0) is 4.74 Å². The van der Waals surface area contributed by atoms with Gasteiger partial charge in [0.2, 0.25) is 0 Å². The summed E-state index contributed by atoms with van der Waals surface area (Å²) in [7, 11) is 0. The van der Waals surface area contributed by atoms with E-state index < -0.39 is 0 Å². The highest BCUT2D eigenvalue weighted by Crippen LogP contribution is 2.08. The van der Waals surface area contributed by atoms with Gasteiger partial charge in [0.1, 0.15) is 0 Å². The second-order valence-corrected chi connectivity index (χ2v) is 2.96. The van der Waals surface area contributed by atoms with Crippen LogP contribution in [0.15, 0.2) is 0 Å². The van der Waals surface area contributed by atoms with Crippen molar-refractivity contribution in [2.24, 2.45) is 5.73 Å². The summed E-state index contributed by atoms with van der Waals surface area (Å²) in [6, 6.07) is 0.604. The molecule has 0 amide bonds. The van der Waals surface area contributed by atoms with E-state index in [0.29, 0.717) is 6.04 Å². The number of ether oxygens (including phenoxy) is 1. The number of hydrogen-bond acceptors (Lipinski definition) is 3. The molecule has 1 unspecified atom stereocenters. The second-order valence-electron chi connectivity index (χ2n) is 2.96. The van der Waals surface area contributed by atoms with Crippen molar-refractivity contribution in [3.8, 4) is 0 Å². The molecule has 2 N–H and O–H groups in total. The van der Waals surface area contributed by atoms with Crippen LogP contribution < -0.4 is 5.73 Å². The third-order valence-corrected chi connectivity index (χ3v) is 2.24. The molecule has 0 saturated carbocycles. The van der Waals surface area contributed by atoms with Gasteiger partial charge in [-0.05, 0) is 6.42 Å². The van der Waals surface area contributed by atoms with Crippen molar-refractivity contribution >= 4 is 0 Å². The van der Waals surface area contributed by atoms with E-state index in [2.05, 4.69) is 11.8 Å². The highest BCUT2D eigenvalue weighted by molar-refractivity contribution is 4.73. The summed E-state index contributed by atoms with van der Waals surface area (Å²) >= 11 is 0. The molecule has 0 bridgehead atoms. The molecule has 0 spiro atoms. The number of morpholine rings is 1. The Labute approximate surface area is 68.5 Å². The molecular weight excluding hydrogens is 140 g/mol. The standard InChI is InChI=1S/C8H18N2O/c1-2-8-7-11-6-5-10(8)4-3-9/h8H,2-7,9H2,1H3. The zero-order chi connectivity index (χ0) is 8.10. The van der Waals surface area contributed by atoms with Gasteiger partial charge in [-0.25, -0.2) is 0 Å². The van der Waals surface area contributed by atoms with E-state index in [1.165, 1.54) is 6.42 Å². The van der Waals surface area contributed by atoms with E-state index in [1.807, 2.05) is 0 Å². The first kappa shape index (κ1) is 8.97. The molecule has 0 aromatic heterocycles. The Bertz CT molecular complexity index is 106. The van der Waals surface area contributed by atoms with Gasteiger partial charge in [0.15, 0.2) is 0 Å². The van der Waals surface area contributed by atoms with Gasteiger partial charge in [-0.2, -0.15) is 0 Å². The largest absolute Gasteiger partial charge is 0.378 e. The van der Waals surface area contributed by atoms with Crippen LogP contribution in [0.5, 0.6) is 0 Å². The van der Waals surface area contributed by atoms with Crippen LogP contribution in [-0.4, -0.2) is 43.8 Å². The van der Waals surface area contributed by atoms with Gasteiger partial charge in [-0.3, -0.25) is 4.90 Å². The topological polar surface area (TPSA) is 38.5 Å². The molecule has 1 aliphatic rings. The lowest BCUT2D eigenvalue weighted by molar-refractivity contribution is -0.00692. The summed E-state index contributed by atoms with van der Waals surface area (Å²) in [5, 5.41) is 0. The predicted octanol–water partition coefficient (Wildman–Crippen LogP) is 0.0559. The van der Waals surface area contributed by atoms with Crippen molar-refractivity contribution in [2.75, 3.05) is 32.8 Å². The lowest BCUT2D eigenvalue weighted by Crippen LogP contribution is -2.46. The third kappa shape index (κ3) is 2.43. The Morgan fingerprint density at radius 2 is 2.45 bits per heavy atom. The first-order valence-electron chi connectivity index (χ1n) is 4.40. The average molecular weight is 158 g/mol. The van der Waals surface area contributed by atoms with E-state index in [1.54, 1.807) is 0 Å². The van der Waals surface area contributed by atoms with E-state index in [-0.39, 0.29) is 0 Å². The van der Waals surface area contributed by atoms with E-state index >= 15 is 0 Å². The summed E-state index contributed by atoms with van der Waals surface area (Å²) in [6.45, 7) is 6.78. The molecule has 0 aromatic carbocycles. The SMILES string of the molecule is CCC1COCCN1CCN. The number of rotatable bonds is 3.